The van der Waals surface area contributed by atoms with Gasteiger partial charge in [-0.15, -0.1) is 0 Å². The minimum absolute atomic E-state index is 0.0244. The summed E-state index contributed by atoms with van der Waals surface area (Å²) in [6.45, 7) is 7.10. The molecule has 2 saturated heterocycles. The normalized spacial score (nSPS) is 19.3. The molecule has 0 aliphatic carbocycles. The molecule has 6 rings (SSSR count). The number of carbonyl (C=O) groups excluding carboxylic acids is 5. The fourth-order valence-electron chi connectivity index (χ4n) is 6.40. The third-order valence-corrected chi connectivity index (χ3v) is 9.00. The van der Waals surface area contributed by atoms with Gasteiger partial charge < -0.3 is 46.7 Å². The number of hydrogen-bond acceptors (Lipinski definition) is 14. The maximum absolute atomic E-state index is 12.5. The van der Waals surface area contributed by atoms with Crippen LogP contribution in [-0.2, 0) is 19.1 Å². The highest BCUT2D eigenvalue weighted by atomic mass is 16.6. The van der Waals surface area contributed by atoms with Crippen LogP contribution >= 0.6 is 0 Å². The number of benzene rings is 2. The van der Waals surface area contributed by atoms with Crippen molar-refractivity contribution in [1.82, 2.24) is 40.8 Å². The number of aromatic nitrogens is 4. The molecule has 286 valence electrons. The first-order chi connectivity index (χ1) is 25.8. The molecule has 2 aliphatic rings. The van der Waals surface area contributed by atoms with E-state index >= 15 is 0 Å². The van der Waals surface area contributed by atoms with Gasteiger partial charge in [0.25, 0.3) is 5.91 Å². The smallest absolute Gasteiger partial charge is 0.410 e. The highest BCUT2D eigenvalue weighted by Crippen LogP contribution is 2.28. The molecule has 7 N–H and O–H groups in total. The molecule has 54 heavy (non-hydrogen) atoms. The number of hydrogen-bond donors (Lipinski definition) is 6. The average Bonchev–Trinajstić information content (AvgIpc) is 3.80. The second-order valence-corrected chi connectivity index (χ2v) is 13.7. The Labute approximate surface area is 311 Å². The summed E-state index contributed by atoms with van der Waals surface area (Å²) >= 11 is 0. The van der Waals surface area contributed by atoms with E-state index in [2.05, 4.69) is 46.5 Å². The SMILES string of the molecule is CNC(=O)C1CN(C(=O)OC(C)(C)C)C[C@@H]1Nc1ncnc2c(C(=O)OC)cccc12.CNC(=O)C1CNC[C@@H]1Nc1ncnc2c(C(N)=O)cccc12. The summed E-state index contributed by atoms with van der Waals surface area (Å²) in [5.74, 6) is -0.917. The van der Waals surface area contributed by atoms with E-state index in [9.17, 15) is 24.0 Å². The largest absolute Gasteiger partial charge is 0.465 e. The molecule has 2 unspecified atom stereocenters. The van der Waals surface area contributed by atoms with Crippen molar-refractivity contribution in [3.8, 4) is 0 Å². The van der Waals surface area contributed by atoms with Gasteiger partial charge >= 0.3 is 12.1 Å². The highest BCUT2D eigenvalue weighted by Gasteiger charge is 2.41. The number of ether oxygens (including phenoxy) is 2. The zero-order valence-electron chi connectivity index (χ0n) is 30.9. The van der Waals surface area contributed by atoms with Crippen LogP contribution < -0.4 is 32.3 Å². The molecule has 2 aliphatic heterocycles. The summed E-state index contributed by atoms with van der Waals surface area (Å²) in [5, 5.41) is 16.4. The van der Waals surface area contributed by atoms with Crippen LogP contribution in [0.4, 0.5) is 16.4 Å². The Morgan fingerprint density at radius 3 is 1.89 bits per heavy atom. The molecular formula is C36H45N11O7. The van der Waals surface area contributed by atoms with Gasteiger partial charge in [0.1, 0.15) is 29.9 Å². The first-order valence-corrected chi connectivity index (χ1v) is 17.3. The molecule has 4 amide bonds. The minimum atomic E-state index is -0.641. The average molecular weight is 744 g/mol. The maximum atomic E-state index is 12.5. The van der Waals surface area contributed by atoms with E-state index in [-0.39, 0.29) is 36.9 Å². The van der Waals surface area contributed by atoms with E-state index < -0.39 is 35.5 Å². The quantitative estimate of drug-likeness (QED) is 0.139. The number of amides is 4. The van der Waals surface area contributed by atoms with Gasteiger partial charge in [-0.3, -0.25) is 14.4 Å². The summed E-state index contributed by atoms with van der Waals surface area (Å²) in [7, 11) is 4.48. The van der Waals surface area contributed by atoms with Crippen LogP contribution in [0.25, 0.3) is 21.8 Å². The van der Waals surface area contributed by atoms with Crippen molar-refractivity contribution in [3.63, 3.8) is 0 Å². The zero-order chi connectivity index (χ0) is 39.2. The van der Waals surface area contributed by atoms with Crippen molar-refractivity contribution in [2.75, 3.05) is 58.0 Å². The fraction of sp³-hybridized carbons (Fsp3) is 0.417. The number of para-hydroxylation sites is 2. The number of carbonyl (C=O) groups is 5. The van der Waals surface area contributed by atoms with Crippen LogP contribution in [0.5, 0.6) is 0 Å². The minimum Gasteiger partial charge on any atom is -0.465 e. The summed E-state index contributed by atoms with van der Waals surface area (Å²) in [6.07, 6.45) is 2.24. The Kier molecular flexibility index (Phi) is 12.0. The molecule has 4 atom stereocenters. The predicted molar refractivity (Wildman–Crippen MR) is 200 cm³/mol. The molecule has 0 saturated carbocycles. The number of methoxy groups -OCH3 is 1. The van der Waals surface area contributed by atoms with Crippen LogP contribution in [0.3, 0.4) is 0 Å². The summed E-state index contributed by atoms with van der Waals surface area (Å²) < 4.78 is 10.3. The number of anilines is 2. The van der Waals surface area contributed by atoms with Crippen LogP contribution in [-0.4, -0.2) is 120 Å². The van der Waals surface area contributed by atoms with Crippen LogP contribution in [0.1, 0.15) is 41.5 Å². The van der Waals surface area contributed by atoms with Gasteiger partial charge in [-0.25, -0.2) is 29.5 Å². The summed E-state index contributed by atoms with van der Waals surface area (Å²) in [4.78, 5) is 79.0. The Morgan fingerprint density at radius 1 is 0.778 bits per heavy atom. The first-order valence-electron chi connectivity index (χ1n) is 17.3. The summed E-state index contributed by atoms with van der Waals surface area (Å²) in [5.41, 5.74) is 6.35. The van der Waals surface area contributed by atoms with Crippen molar-refractivity contribution in [2.45, 2.75) is 38.5 Å². The number of rotatable bonds is 8. The number of esters is 1. The predicted octanol–water partition coefficient (Wildman–Crippen LogP) is 1.28. The number of primary amides is 1. The number of likely N-dealkylation sites (tertiary alicyclic amines) is 1. The number of nitrogens with one attached hydrogen (secondary N) is 5. The monoisotopic (exact) mass is 743 g/mol. The lowest BCUT2D eigenvalue weighted by atomic mass is 10.0. The van der Waals surface area contributed by atoms with Crippen LogP contribution in [0, 0.1) is 11.8 Å². The van der Waals surface area contributed by atoms with Gasteiger partial charge in [0, 0.05) is 51.0 Å². The molecule has 18 heteroatoms. The number of nitrogens with zero attached hydrogens (tertiary/aromatic N) is 5. The second-order valence-electron chi connectivity index (χ2n) is 13.7. The van der Waals surface area contributed by atoms with Gasteiger partial charge in [-0.1, -0.05) is 12.1 Å². The van der Waals surface area contributed by atoms with Gasteiger partial charge in [-0.2, -0.15) is 0 Å². The van der Waals surface area contributed by atoms with Gasteiger partial charge in [0.2, 0.25) is 11.8 Å². The number of fused-ring (bicyclic) bond motifs is 2. The lowest BCUT2D eigenvalue weighted by molar-refractivity contribution is -0.125. The van der Waals surface area contributed by atoms with Crippen molar-refractivity contribution < 1.29 is 33.4 Å². The standard InChI is InChI=1S/C21H27N5O5.C15H18N6O2/c1-21(2,3)31-20(29)26-9-14(18(27)22-4)15(10-26)25-17-12-7-6-8-13(19(28)30-5)16(12)23-11-24-17;1-17-15(23)10-5-18-6-11(10)21-14-9-4-2-3-8(13(16)22)12(9)19-7-20-14/h6-8,11,14-15H,9-10H2,1-5H3,(H,22,27)(H,23,24,25);2-4,7,10-11,18H,5-6H2,1H3,(H2,16,22)(H,17,23)(H,19,20,21)/t14?,15-;10?,11-/m00/s1. The molecule has 4 heterocycles. The second kappa shape index (κ2) is 16.7. The van der Waals surface area contributed by atoms with Gasteiger partial charge in [0.05, 0.1) is 53.2 Å². The molecule has 4 aromatic rings. The Bertz CT molecular complexity index is 2050. The van der Waals surface area contributed by atoms with E-state index in [1.165, 1.54) is 24.7 Å². The maximum Gasteiger partial charge on any atom is 0.410 e. The molecule has 2 fully saturated rings. The van der Waals surface area contributed by atoms with E-state index in [0.717, 1.165) is 0 Å². The third-order valence-electron chi connectivity index (χ3n) is 9.00. The zero-order valence-corrected chi connectivity index (χ0v) is 30.9. The topological polar surface area (TPSA) is 245 Å². The van der Waals surface area contributed by atoms with Gasteiger partial charge in [-0.05, 0) is 45.0 Å². The van der Waals surface area contributed by atoms with Crippen LogP contribution in [0.2, 0.25) is 0 Å². The van der Waals surface area contributed by atoms with E-state index in [1.807, 2.05) is 6.07 Å². The third kappa shape index (κ3) is 8.71. The highest BCUT2D eigenvalue weighted by molar-refractivity contribution is 6.07. The molecule has 0 spiro atoms. The molecular weight excluding hydrogens is 698 g/mol. The van der Waals surface area contributed by atoms with Crippen molar-refractivity contribution in [1.29, 1.82) is 0 Å². The van der Waals surface area contributed by atoms with E-state index in [4.69, 9.17) is 15.2 Å². The number of nitrogens with two attached hydrogens (primary N) is 1. The molecule has 2 aromatic heterocycles. The lowest BCUT2D eigenvalue weighted by Gasteiger charge is -2.24. The lowest BCUT2D eigenvalue weighted by Crippen LogP contribution is -2.39. The Balaban J connectivity index is 0.000000217. The summed E-state index contributed by atoms with van der Waals surface area (Å²) in [6, 6.07) is 9.80. The van der Waals surface area contributed by atoms with Crippen molar-refractivity contribution >= 4 is 63.2 Å². The van der Waals surface area contributed by atoms with Crippen molar-refractivity contribution in [3.05, 3.63) is 60.2 Å². The molecule has 0 radical (unpaired) electrons. The van der Waals surface area contributed by atoms with Gasteiger partial charge in [0.15, 0.2) is 0 Å². The van der Waals surface area contributed by atoms with E-state index in [0.29, 0.717) is 57.7 Å². The molecule has 18 nitrogen and oxygen atoms in total. The van der Waals surface area contributed by atoms with E-state index in [1.54, 1.807) is 65.2 Å². The first kappa shape index (κ1) is 39.0. The Hall–Kier alpha value is -6.17. The Morgan fingerprint density at radius 2 is 1.33 bits per heavy atom. The molecule has 2 aromatic carbocycles. The van der Waals surface area contributed by atoms with Crippen LogP contribution in [0.15, 0.2) is 49.1 Å². The fourth-order valence-corrected chi connectivity index (χ4v) is 6.40. The van der Waals surface area contributed by atoms with Crippen molar-refractivity contribution in [2.24, 2.45) is 17.6 Å². The molecule has 0 bridgehead atoms.